The lowest BCUT2D eigenvalue weighted by Gasteiger charge is -2.24. The molecule has 6 heteroatoms. The summed E-state index contributed by atoms with van der Waals surface area (Å²) in [5.41, 5.74) is 1.14. The molecule has 1 saturated heterocycles. The van der Waals surface area contributed by atoms with Gasteiger partial charge in [-0.05, 0) is 24.1 Å². The van der Waals surface area contributed by atoms with E-state index in [4.69, 9.17) is 11.6 Å². The van der Waals surface area contributed by atoms with Gasteiger partial charge in [-0.1, -0.05) is 23.7 Å². The third-order valence-corrected chi connectivity index (χ3v) is 5.01. The number of carbonyl (C=O) groups excluding carboxylic acids is 1. The third-order valence-electron chi connectivity index (χ3n) is 3.50. The van der Waals surface area contributed by atoms with Crippen molar-refractivity contribution < 1.29 is 4.79 Å². The number of benzene rings is 1. The van der Waals surface area contributed by atoms with Crippen molar-refractivity contribution in [3.63, 3.8) is 0 Å². The summed E-state index contributed by atoms with van der Waals surface area (Å²) in [6.07, 6.45) is 6.44. The highest BCUT2D eigenvalue weighted by atomic mass is 35.5. The van der Waals surface area contributed by atoms with Gasteiger partial charge in [-0.15, -0.1) is 11.8 Å². The van der Waals surface area contributed by atoms with Gasteiger partial charge in [-0.2, -0.15) is 0 Å². The largest absolute Gasteiger partial charge is 0.337 e. The summed E-state index contributed by atoms with van der Waals surface area (Å²) in [4.78, 5) is 18.1. The van der Waals surface area contributed by atoms with Crippen molar-refractivity contribution in [2.45, 2.75) is 18.3 Å². The van der Waals surface area contributed by atoms with Crippen molar-refractivity contribution in [3.8, 4) is 0 Å². The van der Waals surface area contributed by atoms with Gasteiger partial charge in [0.15, 0.2) is 0 Å². The van der Waals surface area contributed by atoms with Crippen LogP contribution in [0.3, 0.4) is 0 Å². The average molecular weight is 322 g/mol. The van der Waals surface area contributed by atoms with Crippen LogP contribution in [-0.4, -0.2) is 32.7 Å². The number of nitrogens with zero attached hydrogens (tertiary/aromatic N) is 3. The molecular formula is C15H16ClN3OS. The molecule has 0 saturated carbocycles. The number of carbonyl (C=O) groups is 1. The van der Waals surface area contributed by atoms with Crippen molar-refractivity contribution >= 4 is 29.3 Å². The number of imidazole rings is 1. The molecule has 1 unspecified atom stereocenters. The molecule has 110 valence electrons. The summed E-state index contributed by atoms with van der Waals surface area (Å²) < 4.78 is 2.03. The van der Waals surface area contributed by atoms with Gasteiger partial charge in [0, 0.05) is 30.5 Å². The van der Waals surface area contributed by atoms with Crippen LogP contribution in [0.15, 0.2) is 43.0 Å². The highest BCUT2D eigenvalue weighted by Gasteiger charge is 2.32. The normalized spacial score (nSPS) is 18.4. The molecule has 1 fully saturated rings. The van der Waals surface area contributed by atoms with Crippen molar-refractivity contribution in [1.29, 1.82) is 0 Å². The fraction of sp³-hybridized carbons (Fsp3) is 0.333. The Bertz CT molecular complexity index is 600. The van der Waals surface area contributed by atoms with Gasteiger partial charge in [0.25, 0.3) is 0 Å². The summed E-state index contributed by atoms with van der Waals surface area (Å²) in [7, 11) is 0. The zero-order chi connectivity index (χ0) is 14.7. The van der Waals surface area contributed by atoms with Gasteiger partial charge < -0.3 is 9.47 Å². The van der Waals surface area contributed by atoms with E-state index >= 15 is 0 Å². The van der Waals surface area contributed by atoms with E-state index in [1.54, 1.807) is 24.3 Å². The molecule has 0 spiro atoms. The maximum atomic E-state index is 12.1. The summed E-state index contributed by atoms with van der Waals surface area (Å²) in [6, 6.07) is 7.76. The summed E-state index contributed by atoms with van der Waals surface area (Å²) in [5.74, 6) is 0.767. The Hall–Kier alpha value is -1.46. The second-order valence-corrected chi connectivity index (χ2v) is 6.46. The monoisotopic (exact) mass is 321 g/mol. The highest BCUT2D eigenvalue weighted by molar-refractivity contribution is 8.00. The zero-order valence-corrected chi connectivity index (χ0v) is 13.1. The smallest absolute Gasteiger partial charge is 0.233 e. The fourth-order valence-corrected chi connectivity index (χ4v) is 3.79. The van der Waals surface area contributed by atoms with Gasteiger partial charge in [0.1, 0.15) is 5.37 Å². The van der Waals surface area contributed by atoms with Crippen LogP contribution in [0.5, 0.6) is 0 Å². The Morgan fingerprint density at radius 3 is 2.81 bits per heavy atom. The van der Waals surface area contributed by atoms with Crippen LogP contribution >= 0.6 is 23.4 Å². The van der Waals surface area contributed by atoms with Gasteiger partial charge >= 0.3 is 0 Å². The first-order valence-corrected chi connectivity index (χ1v) is 8.29. The highest BCUT2D eigenvalue weighted by Crippen LogP contribution is 2.38. The molecule has 2 heterocycles. The predicted molar refractivity (Wildman–Crippen MR) is 85.2 cm³/mol. The Labute approximate surface area is 133 Å². The lowest BCUT2D eigenvalue weighted by Crippen LogP contribution is -2.29. The number of thioether (sulfide) groups is 1. The molecule has 1 aliphatic rings. The Morgan fingerprint density at radius 1 is 1.29 bits per heavy atom. The number of amides is 1. The first-order valence-electron chi connectivity index (χ1n) is 6.86. The van der Waals surface area contributed by atoms with Crippen LogP contribution in [0.1, 0.15) is 17.4 Å². The van der Waals surface area contributed by atoms with E-state index < -0.39 is 0 Å². The van der Waals surface area contributed by atoms with E-state index in [2.05, 4.69) is 4.98 Å². The molecule has 1 aromatic carbocycles. The first-order chi connectivity index (χ1) is 10.2. The van der Waals surface area contributed by atoms with E-state index in [-0.39, 0.29) is 11.3 Å². The number of rotatable bonds is 5. The number of hydrogen-bond acceptors (Lipinski definition) is 3. The predicted octanol–water partition coefficient (Wildman–Crippen LogP) is 3.20. The SMILES string of the molecule is O=C1CSC(c2ccc(Cl)cc2)N1CCCn1ccnc1. The molecule has 1 aromatic heterocycles. The Kier molecular flexibility index (Phi) is 4.51. The van der Waals surface area contributed by atoms with Crippen LogP contribution in [0, 0.1) is 0 Å². The molecule has 2 aromatic rings. The van der Waals surface area contributed by atoms with E-state index in [0.717, 1.165) is 30.1 Å². The van der Waals surface area contributed by atoms with Crippen molar-refractivity contribution in [2.24, 2.45) is 0 Å². The van der Waals surface area contributed by atoms with E-state index in [1.807, 2.05) is 39.9 Å². The molecule has 0 N–H and O–H groups in total. The average Bonchev–Trinajstić information content (AvgIpc) is 3.11. The van der Waals surface area contributed by atoms with Gasteiger partial charge in [-0.3, -0.25) is 4.79 Å². The van der Waals surface area contributed by atoms with Crippen molar-refractivity contribution in [1.82, 2.24) is 14.5 Å². The number of halogens is 1. The molecule has 1 aliphatic heterocycles. The maximum Gasteiger partial charge on any atom is 0.233 e. The standard InChI is InChI=1S/C15H16ClN3OS/c16-13-4-2-12(3-5-13)15-19(14(20)10-21-15)8-1-7-18-9-6-17-11-18/h2-6,9,11,15H,1,7-8,10H2. The first kappa shape index (κ1) is 14.5. The summed E-state index contributed by atoms with van der Waals surface area (Å²) in [6.45, 7) is 1.64. The van der Waals surface area contributed by atoms with E-state index in [1.165, 1.54) is 0 Å². The Morgan fingerprint density at radius 2 is 2.10 bits per heavy atom. The molecule has 21 heavy (non-hydrogen) atoms. The van der Waals surface area contributed by atoms with Crippen LogP contribution in [-0.2, 0) is 11.3 Å². The van der Waals surface area contributed by atoms with Crippen molar-refractivity contribution in [2.75, 3.05) is 12.3 Å². The van der Waals surface area contributed by atoms with Crippen LogP contribution in [0.25, 0.3) is 0 Å². The third kappa shape index (κ3) is 3.41. The van der Waals surface area contributed by atoms with Crippen molar-refractivity contribution in [3.05, 3.63) is 53.6 Å². The minimum Gasteiger partial charge on any atom is -0.337 e. The summed E-state index contributed by atoms with van der Waals surface area (Å²) in [5, 5.41) is 0.831. The van der Waals surface area contributed by atoms with Crippen LogP contribution in [0.2, 0.25) is 5.02 Å². The van der Waals surface area contributed by atoms with Crippen LogP contribution < -0.4 is 0 Å². The van der Waals surface area contributed by atoms with E-state index in [9.17, 15) is 4.79 Å². The van der Waals surface area contributed by atoms with Gasteiger partial charge in [-0.25, -0.2) is 4.98 Å². The van der Waals surface area contributed by atoms with Gasteiger partial charge in [0.05, 0.1) is 12.1 Å². The molecular weight excluding hydrogens is 306 g/mol. The molecule has 4 nitrogen and oxygen atoms in total. The molecule has 0 bridgehead atoms. The quantitative estimate of drug-likeness (QED) is 0.848. The Balaban J connectivity index is 1.63. The summed E-state index contributed by atoms with van der Waals surface area (Å²) >= 11 is 7.61. The topological polar surface area (TPSA) is 38.1 Å². The van der Waals surface area contributed by atoms with Crippen LogP contribution in [0.4, 0.5) is 0 Å². The lowest BCUT2D eigenvalue weighted by molar-refractivity contribution is -0.128. The molecule has 1 amide bonds. The molecule has 0 aliphatic carbocycles. The second kappa shape index (κ2) is 6.54. The van der Waals surface area contributed by atoms with E-state index in [0.29, 0.717) is 5.75 Å². The lowest BCUT2D eigenvalue weighted by atomic mass is 10.2. The maximum absolute atomic E-state index is 12.1. The number of aromatic nitrogens is 2. The minimum absolute atomic E-state index is 0.109. The second-order valence-electron chi connectivity index (χ2n) is 4.96. The molecule has 1 atom stereocenters. The zero-order valence-electron chi connectivity index (χ0n) is 11.5. The molecule has 3 rings (SSSR count). The van der Waals surface area contributed by atoms with Gasteiger partial charge in [0.2, 0.25) is 5.91 Å². The number of hydrogen-bond donors (Lipinski definition) is 0. The fourth-order valence-electron chi connectivity index (χ4n) is 2.44. The number of aryl methyl sites for hydroxylation is 1. The molecule has 0 radical (unpaired) electrons. The minimum atomic E-state index is 0.109.